The molecule has 0 saturated heterocycles. The van der Waals surface area contributed by atoms with Crippen LogP contribution in [0.3, 0.4) is 0 Å². The van der Waals surface area contributed by atoms with E-state index in [-0.39, 0.29) is 18.1 Å². The fourth-order valence-electron chi connectivity index (χ4n) is 6.73. The number of nitrogens with one attached hydrogen (secondary N) is 1. The molecule has 1 amide bonds. The topological polar surface area (TPSA) is 81.4 Å². The number of hydrogen-bond donors (Lipinski definition) is 2. The molecule has 0 radical (unpaired) electrons. The van der Waals surface area contributed by atoms with Crippen LogP contribution in [0.25, 0.3) is 0 Å². The van der Waals surface area contributed by atoms with Crippen LogP contribution >= 0.6 is 23.5 Å². The zero-order valence-electron chi connectivity index (χ0n) is 29.7. The average molecular weight is 737 g/mol. The van der Waals surface area contributed by atoms with Gasteiger partial charge in [0.15, 0.2) is 0 Å². The fourth-order valence-corrected chi connectivity index (χ4v) is 9.76. The van der Waals surface area contributed by atoms with Crippen LogP contribution in [0.2, 0.25) is 0 Å². The number of benzene rings is 6. The first kappa shape index (κ1) is 37.7. The molecule has 0 unspecified atom stereocenters. The van der Waals surface area contributed by atoms with Gasteiger partial charge in [0.1, 0.15) is 6.04 Å². The second-order valence-electron chi connectivity index (χ2n) is 12.6. The maximum atomic E-state index is 14.1. The van der Waals surface area contributed by atoms with Gasteiger partial charge in [0, 0.05) is 11.5 Å². The Kier molecular flexibility index (Phi) is 12.9. The predicted molar refractivity (Wildman–Crippen MR) is 220 cm³/mol. The van der Waals surface area contributed by atoms with E-state index in [9.17, 15) is 9.59 Å². The zero-order valence-corrected chi connectivity index (χ0v) is 31.3. The molecule has 5 nitrogen and oxygen atoms in total. The van der Waals surface area contributed by atoms with Crippen molar-refractivity contribution in [3.05, 3.63) is 215 Å². The van der Waals surface area contributed by atoms with Gasteiger partial charge in [-0.05, 0) is 40.3 Å². The van der Waals surface area contributed by atoms with Crippen LogP contribution in [0.15, 0.2) is 182 Å². The quantitative estimate of drug-likeness (QED) is 0.0764. The number of nitrogens with two attached hydrogens (primary N) is 1. The maximum absolute atomic E-state index is 14.1. The zero-order chi connectivity index (χ0) is 36.9. The highest BCUT2D eigenvalue weighted by molar-refractivity contribution is 8.01. The van der Waals surface area contributed by atoms with Crippen LogP contribution in [-0.2, 0) is 23.8 Å². The molecule has 0 aliphatic heterocycles. The summed E-state index contributed by atoms with van der Waals surface area (Å²) in [4.78, 5) is 27.7. The first-order valence-corrected chi connectivity index (χ1v) is 19.8. The van der Waals surface area contributed by atoms with E-state index in [0.717, 1.165) is 33.4 Å². The highest BCUT2D eigenvalue weighted by Crippen LogP contribution is 2.50. The first-order chi connectivity index (χ1) is 26.0. The molecule has 0 saturated carbocycles. The maximum Gasteiger partial charge on any atom is 0.329 e. The third-order valence-corrected chi connectivity index (χ3v) is 12.6. The van der Waals surface area contributed by atoms with E-state index < -0.39 is 33.5 Å². The van der Waals surface area contributed by atoms with Gasteiger partial charge in [0.25, 0.3) is 0 Å². The minimum absolute atomic E-state index is 0.187. The average Bonchev–Trinajstić information content (AvgIpc) is 3.23. The molecule has 2 atom stereocenters. The van der Waals surface area contributed by atoms with E-state index in [1.807, 2.05) is 109 Å². The molecule has 0 aliphatic carbocycles. The SMILES string of the molecule is CCOC(=O)[C@@H](CSC(c1ccccc1)(c1ccccc1)c1ccccc1)NC(=O)[C@@H](N)CSC(c1ccccc1)(c1ccccc1)c1ccccc1. The highest BCUT2D eigenvalue weighted by atomic mass is 32.2. The van der Waals surface area contributed by atoms with Crippen molar-refractivity contribution in [2.24, 2.45) is 5.73 Å². The summed E-state index contributed by atoms with van der Waals surface area (Å²) < 4.78 is 4.22. The molecule has 0 fully saturated rings. The van der Waals surface area contributed by atoms with Gasteiger partial charge in [-0.3, -0.25) is 4.79 Å². The van der Waals surface area contributed by atoms with Gasteiger partial charge in [0.2, 0.25) is 5.91 Å². The number of esters is 1. The molecule has 6 aromatic rings. The summed E-state index contributed by atoms with van der Waals surface area (Å²) in [5, 5.41) is 3.01. The van der Waals surface area contributed by atoms with E-state index >= 15 is 0 Å². The molecule has 53 heavy (non-hydrogen) atoms. The number of rotatable bonds is 16. The summed E-state index contributed by atoms with van der Waals surface area (Å²) in [6.07, 6.45) is 0. The van der Waals surface area contributed by atoms with Gasteiger partial charge in [-0.15, -0.1) is 23.5 Å². The summed E-state index contributed by atoms with van der Waals surface area (Å²) in [7, 11) is 0. The molecule has 0 aliphatic rings. The smallest absolute Gasteiger partial charge is 0.329 e. The van der Waals surface area contributed by atoms with Gasteiger partial charge in [-0.2, -0.15) is 0 Å². The minimum atomic E-state index is -0.943. The minimum Gasteiger partial charge on any atom is -0.464 e. The van der Waals surface area contributed by atoms with Gasteiger partial charge in [-0.25, -0.2) is 4.79 Å². The highest BCUT2D eigenvalue weighted by Gasteiger charge is 2.40. The molecular formula is C46H44N2O3S2. The second-order valence-corrected chi connectivity index (χ2v) is 15.1. The van der Waals surface area contributed by atoms with Crippen LogP contribution < -0.4 is 11.1 Å². The van der Waals surface area contributed by atoms with Crippen molar-refractivity contribution < 1.29 is 14.3 Å². The van der Waals surface area contributed by atoms with Gasteiger partial charge in [-0.1, -0.05) is 182 Å². The first-order valence-electron chi connectivity index (χ1n) is 17.8. The number of hydrogen-bond acceptors (Lipinski definition) is 6. The van der Waals surface area contributed by atoms with E-state index in [4.69, 9.17) is 10.5 Å². The van der Waals surface area contributed by atoms with Crippen molar-refractivity contribution in [1.82, 2.24) is 5.32 Å². The third kappa shape index (κ3) is 8.44. The van der Waals surface area contributed by atoms with Gasteiger partial charge >= 0.3 is 5.97 Å². The molecule has 0 bridgehead atoms. The lowest BCUT2D eigenvalue weighted by atomic mass is 9.84. The number of ether oxygens (including phenoxy) is 1. The number of amides is 1. The molecule has 3 N–H and O–H groups in total. The van der Waals surface area contributed by atoms with Crippen LogP contribution in [0.5, 0.6) is 0 Å². The Labute approximate surface area is 321 Å². The Morgan fingerprint density at radius 1 is 0.528 bits per heavy atom. The molecule has 6 aromatic carbocycles. The molecule has 0 heterocycles. The van der Waals surface area contributed by atoms with Gasteiger partial charge in [0.05, 0.1) is 22.1 Å². The Hall–Kier alpha value is -5.08. The summed E-state index contributed by atoms with van der Waals surface area (Å²) in [5.74, 6) is -0.382. The van der Waals surface area contributed by atoms with Crippen molar-refractivity contribution in [2.45, 2.75) is 28.5 Å². The summed E-state index contributed by atoms with van der Waals surface area (Å²) in [6.45, 7) is 1.96. The van der Waals surface area contributed by atoms with E-state index in [0.29, 0.717) is 0 Å². The number of carbonyl (C=O) groups excluding carboxylic acids is 2. The van der Waals surface area contributed by atoms with E-state index in [1.165, 1.54) is 0 Å². The molecule has 0 aromatic heterocycles. The van der Waals surface area contributed by atoms with Crippen molar-refractivity contribution >= 4 is 35.4 Å². The molecule has 7 heteroatoms. The van der Waals surface area contributed by atoms with E-state index in [2.05, 4.69) is 78.1 Å². The van der Waals surface area contributed by atoms with Crippen molar-refractivity contribution in [2.75, 3.05) is 18.1 Å². The molecule has 6 rings (SSSR count). The standard InChI is InChI=1S/C46H44N2O3S2/c1-2-51-44(50)42(34-53-46(38-27-15-6-16-28-38,39-29-17-7-18-30-39)40-31-19-8-20-32-40)48-43(49)41(47)33-52-45(35-21-9-3-10-22-35,36-23-11-4-12-24-36)37-25-13-5-14-26-37/h3-32,41-42H,2,33-34,47H2,1H3,(H,48,49)/t41-,42+/m0/s1. The third-order valence-electron chi connectivity index (χ3n) is 9.25. The Bertz CT molecular complexity index is 1820. The van der Waals surface area contributed by atoms with Crippen LogP contribution in [0.1, 0.15) is 40.3 Å². The number of carbonyl (C=O) groups is 2. The Morgan fingerprint density at radius 2 is 0.811 bits per heavy atom. The lowest BCUT2D eigenvalue weighted by Crippen LogP contribution is -2.51. The van der Waals surface area contributed by atoms with Crippen LogP contribution in [0.4, 0.5) is 0 Å². The fraction of sp³-hybridized carbons (Fsp3) is 0.174. The van der Waals surface area contributed by atoms with E-state index in [1.54, 1.807) is 30.4 Å². The Morgan fingerprint density at radius 3 is 1.09 bits per heavy atom. The monoisotopic (exact) mass is 736 g/mol. The molecule has 0 spiro atoms. The summed E-state index contributed by atoms with van der Waals surface area (Å²) in [6, 6.07) is 59.8. The largest absolute Gasteiger partial charge is 0.464 e. The second kappa shape index (κ2) is 18.1. The van der Waals surface area contributed by atoms with Crippen molar-refractivity contribution in [1.29, 1.82) is 0 Å². The van der Waals surface area contributed by atoms with Gasteiger partial charge < -0.3 is 15.8 Å². The van der Waals surface area contributed by atoms with Crippen molar-refractivity contribution in [3.63, 3.8) is 0 Å². The number of thioether (sulfide) groups is 2. The van der Waals surface area contributed by atoms with Crippen LogP contribution in [0, 0.1) is 0 Å². The van der Waals surface area contributed by atoms with Crippen molar-refractivity contribution in [3.8, 4) is 0 Å². The normalized spacial score (nSPS) is 12.7. The lowest BCUT2D eigenvalue weighted by molar-refractivity contribution is -0.146. The molecular weight excluding hydrogens is 693 g/mol. The van der Waals surface area contributed by atoms with Crippen LogP contribution in [-0.4, -0.2) is 42.1 Å². The summed E-state index contributed by atoms with van der Waals surface area (Å²) in [5.41, 5.74) is 13.2. The Balaban J connectivity index is 1.30. The predicted octanol–water partition coefficient (Wildman–Crippen LogP) is 8.81. The summed E-state index contributed by atoms with van der Waals surface area (Å²) >= 11 is 3.20. The lowest BCUT2D eigenvalue weighted by Gasteiger charge is -2.37. The molecule has 268 valence electrons.